The Morgan fingerprint density at radius 3 is 2.30 bits per heavy atom. The van der Waals surface area contributed by atoms with E-state index in [0.29, 0.717) is 0 Å². The van der Waals surface area contributed by atoms with Crippen LogP contribution in [0, 0.1) is 5.92 Å². The Morgan fingerprint density at radius 1 is 1.15 bits per heavy atom. The predicted molar refractivity (Wildman–Crippen MR) is 104 cm³/mol. The minimum Gasteiger partial charge on any atom is -0.460 e. The number of hydrogen-bond acceptors (Lipinski definition) is 5. The fraction of sp³-hybridized carbons (Fsp3) is 0.619. The highest BCUT2D eigenvalue weighted by atomic mass is 16.6. The summed E-state index contributed by atoms with van der Waals surface area (Å²) in [5.74, 6) is -0.260. The number of benzene rings is 1. The molecule has 0 bridgehead atoms. The molecule has 152 valence electrons. The zero-order valence-corrected chi connectivity index (χ0v) is 17.3. The maximum absolute atomic E-state index is 12.3. The van der Waals surface area contributed by atoms with E-state index in [-0.39, 0.29) is 31.0 Å². The molecule has 27 heavy (non-hydrogen) atoms. The molecular formula is C21H33NO5. The molecule has 1 amide bonds. The molecule has 0 aliphatic carbocycles. The summed E-state index contributed by atoms with van der Waals surface area (Å²) in [4.78, 5) is 24.5. The summed E-state index contributed by atoms with van der Waals surface area (Å²) in [5.41, 5.74) is 0.341. The number of ether oxygens (including phenoxy) is 3. The zero-order valence-electron chi connectivity index (χ0n) is 17.3. The average molecular weight is 379 g/mol. The van der Waals surface area contributed by atoms with E-state index in [1.165, 1.54) is 7.11 Å². The standard InChI is InChI=1S/C21H33NO5/c1-7-15(2)19(17(25-6)13-18(23)27-21(3,4)5)22-20(24)26-14-16-11-9-8-10-12-16/h8-12,15,17,19H,7,13-14H2,1-6H3,(H,22,24)/t15-,17+,19-/m0/s1. The summed E-state index contributed by atoms with van der Waals surface area (Å²) >= 11 is 0. The van der Waals surface area contributed by atoms with Crippen LogP contribution in [0.15, 0.2) is 30.3 Å². The van der Waals surface area contributed by atoms with Gasteiger partial charge in [-0.3, -0.25) is 4.79 Å². The maximum atomic E-state index is 12.3. The molecule has 1 N–H and O–H groups in total. The van der Waals surface area contributed by atoms with Crippen molar-refractivity contribution in [1.29, 1.82) is 0 Å². The van der Waals surface area contributed by atoms with Crippen LogP contribution < -0.4 is 5.32 Å². The first-order chi connectivity index (χ1) is 12.7. The lowest BCUT2D eigenvalue weighted by Gasteiger charge is -2.31. The summed E-state index contributed by atoms with van der Waals surface area (Å²) in [6.45, 7) is 9.66. The van der Waals surface area contributed by atoms with Crippen molar-refractivity contribution in [2.24, 2.45) is 5.92 Å². The largest absolute Gasteiger partial charge is 0.460 e. The van der Waals surface area contributed by atoms with Crippen molar-refractivity contribution in [3.63, 3.8) is 0 Å². The molecule has 0 radical (unpaired) electrons. The van der Waals surface area contributed by atoms with Crippen molar-refractivity contribution in [3.05, 3.63) is 35.9 Å². The van der Waals surface area contributed by atoms with Crippen LogP contribution in [-0.4, -0.2) is 36.9 Å². The Hall–Kier alpha value is -2.08. The number of methoxy groups -OCH3 is 1. The van der Waals surface area contributed by atoms with Gasteiger partial charge in [0.25, 0.3) is 0 Å². The normalized spacial score (nSPS) is 14.7. The first-order valence-electron chi connectivity index (χ1n) is 9.38. The molecule has 0 heterocycles. The van der Waals surface area contributed by atoms with Gasteiger partial charge in [-0.25, -0.2) is 4.79 Å². The minimum atomic E-state index is -0.566. The second-order valence-corrected chi connectivity index (χ2v) is 7.68. The number of amides is 1. The molecule has 0 saturated carbocycles. The molecule has 0 unspecified atom stereocenters. The van der Waals surface area contributed by atoms with Crippen molar-refractivity contribution >= 4 is 12.1 Å². The Labute approximate surface area is 162 Å². The summed E-state index contributed by atoms with van der Waals surface area (Å²) in [7, 11) is 1.53. The van der Waals surface area contributed by atoms with E-state index in [1.807, 2.05) is 65.0 Å². The van der Waals surface area contributed by atoms with Gasteiger partial charge in [0.05, 0.1) is 18.6 Å². The average Bonchev–Trinajstić information content (AvgIpc) is 2.61. The Balaban J connectivity index is 2.71. The van der Waals surface area contributed by atoms with Gasteiger partial charge in [-0.2, -0.15) is 0 Å². The first-order valence-corrected chi connectivity index (χ1v) is 9.38. The van der Waals surface area contributed by atoms with E-state index >= 15 is 0 Å². The van der Waals surface area contributed by atoms with Gasteiger partial charge in [0.1, 0.15) is 12.2 Å². The van der Waals surface area contributed by atoms with E-state index in [9.17, 15) is 9.59 Å². The van der Waals surface area contributed by atoms with Crippen LogP contribution in [0.1, 0.15) is 53.0 Å². The van der Waals surface area contributed by atoms with E-state index in [0.717, 1.165) is 12.0 Å². The van der Waals surface area contributed by atoms with Gasteiger partial charge in [0.2, 0.25) is 0 Å². The van der Waals surface area contributed by atoms with E-state index in [4.69, 9.17) is 14.2 Å². The molecule has 0 spiro atoms. The molecule has 1 rings (SSSR count). The topological polar surface area (TPSA) is 73.9 Å². The Morgan fingerprint density at radius 2 is 1.78 bits per heavy atom. The summed E-state index contributed by atoms with van der Waals surface area (Å²) in [6, 6.07) is 9.10. The SMILES string of the molecule is CC[C@H](C)[C@H](NC(=O)OCc1ccccc1)[C@@H](CC(=O)OC(C)(C)C)OC. The number of hydrogen-bond donors (Lipinski definition) is 1. The lowest BCUT2D eigenvalue weighted by molar-refractivity contribution is -0.158. The zero-order chi connectivity index (χ0) is 20.4. The van der Waals surface area contributed by atoms with Crippen LogP contribution in [0.4, 0.5) is 4.79 Å². The van der Waals surface area contributed by atoms with Gasteiger partial charge in [-0.1, -0.05) is 50.6 Å². The lowest BCUT2D eigenvalue weighted by atomic mass is 9.92. The smallest absolute Gasteiger partial charge is 0.407 e. The molecule has 0 aromatic heterocycles. The van der Waals surface area contributed by atoms with Crippen molar-refractivity contribution in [3.8, 4) is 0 Å². The highest BCUT2D eigenvalue weighted by Crippen LogP contribution is 2.19. The van der Waals surface area contributed by atoms with Crippen molar-refractivity contribution < 1.29 is 23.8 Å². The molecule has 1 aromatic carbocycles. The molecule has 1 aromatic rings. The summed E-state index contributed by atoms with van der Waals surface area (Å²) < 4.78 is 16.2. The minimum absolute atomic E-state index is 0.0573. The quantitative estimate of drug-likeness (QED) is 0.655. The summed E-state index contributed by atoms with van der Waals surface area (Å²) in [5, 5.41) is 2.86. The van der Waals surface area contributed by atoms with Gasteiger partial charge in [0.15, 0.2) is 0 Å². The Kier molecular flexibility index (Phi) is 9.29. The highest BCUT2D eigenvalue weighted by Gasteiger charge is 2.31. The first kappa shape index (κ1) is 23.0. The third-order valence-corrected chi connectivity index (χ3v) is 4.25. The van der Waals surface area contributed by atoms with Crippen LogP contribution in [0.25, 0.3) is 0 Å². The second kappa shape index (κ2) is 10.9. The second-order valence-electron chi connectivity index (χ2n) is 7.68. The van der Waals surface area contributed by atoms with Gasteiger partial charge in [0, 0.05) is 7.11 Å². The number of carbonyl (C=O) groups excluding carboxylic acids is 2. The molecule has 6 heteroatoms. The van der Waals surface area contributed by atoms with Crippen molar-refractivity contribution in [2.45, 2.75) is 71.8 Å². The van der Waals surface area contributed by atoms with E-state index in [2.05, 4.69) is 5.32 Å². The molecule has 0 fully saturated rings. The fourth-order valence-corrected chi connectivity index (χ4v) is 2.66. The molecule has 0 aliphatic rings. The molecule has 0 saturated heterocycles. The predicted octanol–water partition coefficient (Wildman–Crippen LogP) is 4.07. The number of rotatable bonds is 9. The molecule has 3 atom stereocenters. The third kappa shape index (κ3) is 8.91. The van der Waals surface area contributed by atoms with Gasteiger partial charge < -0.3 is 19.5 Å². The molecule has 0 aliphatic heterocycles. The van der Waals surface area contributed by atoms with Crippen molar-refractivity contribution in [2.75, 3.05) is 7.11 Å². The number of alkyl carbamates (subject to hydrolysis) is 1. The van der Waals surface area contributed by atoms with E-state index in [1.54, 1.807) is 0 Å². The maximum Gasteiger partial charge on any atom is 0.407 e. The van der Waals surface area contributed by atoms with Gasteiger partial charge in [-0.05, 0) is 32.3 Å². The van der Waals surface area contributed by atoms with Crippen molar-refractivity contribution in [1.82, 2.24) is 5.32 Å². The number of nitrogens with one attached hydrogen (secondary N) is 1. The van der Waals surface area contributed by atoms with Crippen LogP contribution in [-0.2, 0) is 25.6 Å². The lowest BCUT2D eigenvalue weighted by Crippen LogP contribution is -2.49. The van der Waals surface area contributed by atoms with Crippen LogP contribution in [0.5, 0.6) is 0 Å². The Bertz CT molecular complexity index is 582. The van der Waals surface area contributed by atoms with Crippen LogP contribution in [0.3, 0.4) is 0 Å². The molecule has 6 nitrogen and oxygen atoms in total. The fourth-order valence-electron chi connectivity index (χ4n) is 2.66. The highest BCUT2D eigenvalue weighted by molar-refractivity contribution is 5.71. The third-order valence-electron chi connectivity index (χ3n) is 4.25. The summed E-state index contributed by atoms with van der Waals surface area (Å²) in [6.07, 6.45) is -0.158. The number of esters is 1. The van der Waals surface area contributed by atoms with Crippen LogP contribution in [0.2, 0.25) is 0 Å². The molecular weight excluding hydrogens is 346 g/mol. The van der Waals surface area contributed by atoms with Gasteiger partial charge >= 0.3 is 12.1 Å². The van der Waals surface area contributed by atoms with E-state index < -0.39 is 17.8 Å². The monoisotopic (exact) mass is 379 g/mol. The van der Waals surface area contributed by atoms with Gasteiger partial charge in [-0.15, -0.1) is 0 Å². The van der Waals surface area contributed by atoms with Crippen LogP contribution >= 0.6 is 0 Å². The number of carbonyl (C=O) groups is 2.